The third-order valence-electron chi connectivity index (χ3n) is 4.15. The molecule has 0 saturated heterocycles. The maximum Gasteiger partial charge on any atom is 0.263 e. The van der Waals surface area contributed by atoms with Crippen molar-refractivity contribution in [3.8, 4) is 0 Å². The summed E-state index contributed by atoms with van der Waals surface area (Å²) in [6, 6.07) is 0.379. The average Bonchev–Trinajstić information content (AvgIpc) is 3.36. The zero-order chi connectivity index (χ0) is 14.8. The third kappa shape index (κ3) is 3.51. The number of hydrogen-bond donors (Lipinski definition) is 3. The molecule has 116 valence electrons. The minimum atomic E-state index is 0.0171. The highest BCUT2D eigenvalue weighted by atomic mass is 32.1. The molecule has 1 aromatic heterocycles. The van der Waals surface area contributed by atoms with Crippen molar-refractivity contribution >= 4 is 27.9 Å². The van der Waals surface area contributed by atoms with Crippen molar-refractivity contribution in [2.24, 2.45) is 0 Å². The quantitative estimate of drug-likeness (QED) is 0.641. The average molecular weight is 307 g/mol. The number of anilines is 2. The van der Waals surface area contributed by atoms with E-state index in [4.69, 9.17) is 5.73 Å². The van der Waals surface area contributed by atoms with Crippen molar-refractivity contribution in [2.75, 3.05) is 17.6 Å². The maximum atomic E-state index is 12.3. The summed E-state index contributed by atoms with van der Waals surface area (Å²) in [5.41, 5.74) is 8.21. The molecule has 0 aliphatic heterocycles. The first-order valence-electron chi connectivity index (χ1n) is 8.17. The summed E-state index contributed by atoms with van der Waals surface area (Å²) >= 11 is 1.54. The molecule has 2 aliphatic rings. The molecule has 21 heavy (non-hydrogen) atoms. The van der Waals surface area contributed by atoms with Crippen molar-refractivity contribution < 1.29 is 4.79 Å². The Morgan fingerprint density at radius 1 is 1.29 bits per heavy atom. The van der Waals surface area contributed by atoms with E-state index in [1.165, 1.54) is 37.7 Å². The Morgan fingerprint density at radius 3 is 2.67 bits per heavy atom. The van der Waals surface area contributed by atoms with E-state index in [9.17, 15) is 4.79 Å². The number of thiophene rings is 1. The molecule has 1 aromatic rings. The molecule has 3 rings (SSSR count). The van der Waals surface area contributed by atoms with Crippen LogP contribution in [0, 0.1) is 0 Å². The van der Waals surface area contributed by atoms with Crippen molar-refractivity contribution in [1.82, 2.24) is 5.32 Å². The summed E-state index contributed by atoms with van der Waals surface area (Å²) < 4.78 is 0. The van der Waals surface area contributed by atoms with E-state index in [1.807, 2.05) is 0 Å². The highest BCUT2D eigenvalue weighted by molar-refractivity contribution is 7.18. The first-order chi connectivity index (χ1) is 10.2. The fraction of sp³-hybridized carbons (Fsp3) is 0.688. The highest BCUT2D eigenvalue weighted by Crippen LogP contribution is 2.50. The Labute approximate surface area is 130 Å². The molecule has 0 unspecified atom stereocenters. The SMILES string of the molecule is CCCCCNc1sc(C(=O)NC2CC2)c(N)c1C1CC1. The summed E-state index contributed by atoms with van der Waals surface area (Å²) in [4.78, 5) is 13.0. The predicted molar refractivity (Wildman–Crippen MR) is 89.2 cm³/mol. The number of carbonyl (C=O) groups excluding carboxylic acids is 1. The summed E-state index contributed by atoms with van der Waals surface area (Å²) in [6.45, 7) is 3.18. The molecule has 0 atom stereocenters. The van der Waals surface area contributed by atoms with Crippen LogP contribution in [0.3, 0.4) is 0 Å². The van der Waals surface area contributed by atoms with Gasteiger partial charge in [-0.25, -0.2) is 0 Å². The molecular weight excluding hydrogens is 282 g/mol. The van der Waals surface area contributed by atoms with Gasteiger partial charge in [0.05, 0.1) is 10.7 Å². The van der Waals surface area contributed by atoms with Crippen molar-refractivity contribution in [3.63, 3.8) is 0 Å². The van der Waals surface area contributed by atoms with E-state index in [0.717, 1.165) is 30.1 Å². The molecule has 2 fully saturated rings. The Kier molecular flexibility index (Phi) is 4.38. The molecule has 2 aliphatic carbocycles. The number of unbranched alkanes of at least 4 members (excludes halogenated alkanes) is 2. The van der Waals surface area contributed by atoms with Crippen LogP contribution >= 0.6 is 11.3 Å². The van der Waals surface area contributed by atoms with Crippen molar-refractivity contribution in [1.29, 1.82) is 0 Å². The minimum absolute atomic E-state index is 0.0171. The number of hydrogen-bond acceptors (Lipinski definition) is 4. The topological polar surface area (TPSA) is 67.2 Å². The Hall–Kier alpha value is -1.23. The van der Waals surface area contributed by atoms with Gasteiger partial charge in [-0.05, 0) is 38.0 Å². The second kappa shape index (κ2) is 6.26. The van der Waals surface area contributed by atoms with Gasteiger partial charge < -0.3 is 16.4 Å². The van der Waals surface area contributed by atoms with Crippen molar-refractivity contribution in [2.45, 2.75) is 63.8 Å². The van der Waals surface area contributed by atoms with Crippen molar-refractivity contribution in [3.05, 3.63) is 10.4 Å². The monoisotopic (exact) mass is 307 g/mol. The van der Waals surface area contributed by atoms with Crippen LogP contribution < -0.4 is 16.4 Å². The van der Waals surface area contributed by atoms with E-state index in [2.05, 4.69) is 17.6 Å². The highest BCUT2D eigenvalue weighted by Gasteiger charge is 2.34. The maximum absolute atomic E-state index is 12.3. The fourth-order valence-electron chi connectivity index (χ4n) is 2.59. The molecule has 1 heterocycles. The van der Waals surface area contributed by atoms with Gasteiger partial charge in [0.2, 0.25) is 0 Å². The zero-order valence-electron chi connectivity index (χ0n) is 12.7. The van der Waals surface area contributed by atoms with E-state index in [0.29, 0.717) is 16.8 Å². The van der Waals surface area contributed by atoms with E-state index in [-0.39, 0.29) is 5.91 Å². The standard InChI is InChI=1S/C16H25N3OS/c1-2-3-4-9-18-16-12(10-5-6-10)13(17)14(21-16)15(20)19-11-7-8-11/h10-11,18H,2-9,17H2,1H3,(H,19,20). The number of nitrogen functional groups attached to an aromatic ring is 1. The number of amides is 1. The zero-order valence-corrected chi connectivity index (χ0v) is 13.5. The third-order valence-corrected chi connectivity index (χ3v) is 5.33. The number of rotatable bonds is 8. The Morgan fingerprint density at radius 2 is 2.05 bits per heavy atom. The molecule has 5 heteroatoms. The second-order valence-corrected chi connectivity index (χ2v) is 7.26. The Balaban J connectivity index is 1.72. The lowest BCUT2D eigenvalue weighted by Gasteiger charge is -2.06. The molecule has 0 aromatic carbocycles. The lowest BCUT2D eigenvalue weighted by Crippen LogP contribution is -2.25. The van der Waals surface area contributed by atoms with Gasteiger partial charge in [0, 0.05) is 18.2 Å². The van der Waals surface area contributed by atoms with Crippen LogP contribution in [0.2, 0.25) is 0 Å². The molecule has 0 spiro atoms. The molecule has 0 bridgehead atoms. The van der Waals surface area contributed by atoms with Crippen LogP contribution in [-0.4, -0.2) is 18.5 Å². The van der Waals surface area contributed by atoms with Crippen LogP contribution in [0.25, 0.3) is 0 Å². The summed E-state index contributed by atoms with van der Waals surface area (Å²) in [5.74, 6) is 0.584. The second-order valence-electron chi connectivity index (χ2n) is 6.24. The predicted octanol–water partition coefficient (Wildman–Crippen LogP) is 3.70. The van der Waals surface area contributed by atoms with Gasteiger partial charge in [-0.15, -0.1) is 11.3 Å². The lowest BCUT2D eigenvalue weighted by molar-refractivity contribution is 0.0956. The van der Waals surface area contributed by atoms with Gasteiger partial charge >= 0.3 is 0 Å². The summed E-state index contributed by atoms with van der Waals surface area (Å²) in [5, 5.41) is 7.70. The van der Waals surface area contributed by atoms with Crippen LogP contribution in [0.4, 0.5) is 10.7 Å². The number of nitrogens with two attached hydrogens (primary N) is 1. The molecule has 4 N–H and O–H groups in total. The molecule has 0 radical (unpaired) electrons. The van der Waals surface area contributed by atoms with Crippen LogP contribution in [0.5, 0.6) is 0 Å². The van der Waals surface area contributed by atoms with Crippen LogP contribution in [-0.2, 0) is 0 Å². The summed E-state index contributed by atoms with van der Waals surface area (Å²) in [6.07, 6.45) is 8.24. The smallest absolute Gasteiger partial charge is 0.263 e. The molecular formula is C16H25N3OS. The van der Waals surface area contributed by atoms with E-state index < -0.39 is 0 Å². The largest absolute Gasteiger partial charge is 0.397 e. The van der Waals surface area contributed by atoms with Crippen LogP contribution in [0.15, 0.2) is 0 Å². The summed E-state index contributed by atoms with van der Waals surface area (Å²) in [7, 11) is 0. The van der Waals surface area contributed by atoms with E-state index >= 15 is 0 Å². The first kappa shape index (κ1) is 14.7. The van der Waals surface area contributed by atoms with Gasteiger partial charge in [0.15, 0.2) is 0 Å². The van der Waals surface area contributed by atoms with Gasteiger partial charge in [-0.1, -0.05) is 19.8 Å². The van der Waals surface area contributed by atoms with Gasteiger partial charge in [0.25, 0.3) is 5.91 Å². The van der Waals surface area contributed by atoms with Gasteiger partial charge in [-0.2, -0.15) is 0 Å². The molecule has 2 saturated carbocycles. The minimum Gasteiger partial charge on any atom is -0.397 e. The van der Waals surface area contributed by atoms with Gasteiger partial charge in [0.1, 0.15) is 4.88 Å². The molecule has 1 amide bonds. The fourth-order valence-corrected chi connectivity index (χ4v) is 3.73. The van der Waals surface area contributed by atoms with E-state index in [1.54, 1.807) is 11.3 Å². The van der Waals surface area contributed by atoms with Crippen LogP contribution in [0.1, 0.15) is 73.0 Å². The number of nitrogens with one attached hydrogen (secondary N) is 2. The lowest BCUT2D eigenvalue weighted by atomic mass is 10.1. The first-order valence-corrected chi connectivity index (χ1v) is 8.99. The normalized spacial score (nSPS) is 17.8. The number of carbonyl (C=O) groups is 1. The van der Waals surface area contributed by atoms with Gasteiger partial charge in [-0.3, -0.25) is 4.79 Å². The Bertz CT molecular complexity index is 518. The molecule has 4 nitrogen and oxygen atoms in total.